The topological polar surface area (TPSA) is 40.5 Å². The molecule has 104 valence electrons. The van der Waals surface area contributed by atoms with Gasteiger partial charge < -0.3 is 10.2 Å². The lowest BCUT2D eigenvalue weighted by atomic mass is 9.97. The van der Waals surface area contributed by atoms with Crippen molar-refractivity contribution in [3.05, 3.63) is 59.7 Å². The third kappa shape index (κ3) is 2.69. The number of aromatic hydroxyl groups is 2. The number of phenols is 2. The zero-order valence-corrected chi connectivity index (χ0v) is 12.0. The van der Waals surface area contributed by atoms with Gasteiger partial charge in [-0.3, -0.25) is 0 Å². The van der Waals surface area contributed by atoms with Crippen LogP contribution < -0.4 is 0 Å². The van der Waals surface area contributed by atoms with Gasteiger partial charge in [-0.15, -0.1) is 0 Å². The number of fused-ring (bicyclic) bond motifs is 1. The van der Waals surface area contributed by atoms with E-state index in [0.29, 0.717) is 23.6 Å². The minimum absolute atomic E-state index is 0.225. The summed E-state index contributed by atoms with van der Waals surface area (Å²) in [5.41, 5.74) is 3.64. The van der Waals surface area contributed by atoms with Crippen LogP contribution in [-0.2, 0) is 12.8 Å². The monoisotopic (exact) mass is 268 g/mol. The molecule has 0 aromatic heterocycles. The minimum atomic E-state index is 0.225. The normalized spacial score (nSPS) is 10.7. The summed E-state index contributed by atoms with van der Waals surface area (Å²) < 4.78 is 0. The van der Waals surface area contributed by atoms with Gasteiger partial charge in [-0.25, -0.2) is 0 Å². The molecule has 2 rings (SSSR count). The number of hydrogen-bond donors (Lipinski definition) is 2. The van der Waals surface area contributed by atoms with E-state index in [9.17, 15) is 10.2 Å². The maximum atomic E-state index is 10.3. The molecule has 0 aliphatic carbocycles. The zero-order valence-electron chi connectivity index (χ0n) is 12.0. The molecule has 0 amide bonds. The second kappa shape index (κ2) is 5.41. The first kappa shape index (κ1) is 14.2. The van der Waals surface area contributed by atoms with Gasteiger partial charge in [0.25, 0.3) is 0 Å². The van der Waals surface area contributed by atoms with Crippen molar-refractivity contribution < 1.29 is 10.2 Å². The molecular formula is C18H20O2. The van der Waals surface area contributed by atoms with Crippen LogP contribution in [0.4, 0.5) is 0 Å². The van der Waals surface area contributed by atoms with Crippen LogP contribution in [-0.4, -0.2) is 10.2 Å². The molecule has 0 spiro atoms. The maximum absolute atomic E-state index is 10.3. The molecule has 0 saturated carbocycles. The van der Waals surface area contributed by atoms with Gasteiger partial charge in [0.05, 0.1) is 0 Å². The van der Waals surface area contributed by atoms with E-state index in [1.165, 1.54) is 0 Å². The molecule has 0 unspecified atom stereocenters. The van der Waals surface area contributed by atoms with Gasteiger partial charge in [0.15, 0.2) is 0 Å². The van der Waals surface area contributed by atoms with E-state index in [2.05, 4.69) is 13.2 Å². The van der Waals surface area contributed by atoms with E-state index in [4.69, 9.17) is 0 Å². The van der Waals surface area contributed by atoms with E-state index >= 15 is 0 Å². The summed E-state index contributed by atoms with van der Waals surface area (Å²) in [6.07, 6.45) is 1.27. The Morgan fingerprint density at radius 2 is 1.15 bits per heavy atom. The first-order chi connectivity index (χ1) is 9.40. The smallest absolute Gasteiger partial charge is 0.127 e. The molecule has 0 aliphatic heterocycles. The lowest BCUT2D eigenvalue weighted by molar-refractivity contribution is 0.469. The Balaban J connectivity index is 2.58. The molecule has 2 N–H and O–H groups in total. The first-order valence-electron chi connectivity index (χ1n) is 6.64. The lowest BCUT2D eigenvalue weighted by Gasteiger charge is -2.12. The number of benzene rings is 2. The van der Waals surface area contributed by atoms with Crippen LogP contribution in [0.1, 0.15) is 25.0 Å². The second-order valence-electron chi connectivity index (χ2n) is 5.51. The molecule has 0 atom stereocenters. The van der Waals surface area contributed by atoms with Gasteiger partial charge in [-0.2, -0.15) is 0 Å². The third-order valence-electron chi connectivity index (χ3n) is 3.30. The van der Waals surface area contributed by atoms with Crippen molar-refractivity contribution in [2.24, 2.45) is 0 Å². The van der Waals surface area contributed by atoms with Gasteiger partial charge in [-0.1, -0.05) is 48.6 Å². The van der Waals surface area contributed by atoms with Crippen molar-refractivity contribution in [2.75, 3.05) is 0 Å². The molecule has 0 bridgehead atoms. The van der Waals surface area contributed by atoms with E-state index in [0.717, 1.165) is 22.3 Å². The van der Waals surface area contributed by atoms with Crippen LogP contribution in [0.2, 0.25) is 0 Å². The first-order valence-corrected chi connectivity index (χ1v) is 6.64. The summed E-state index contributed by atoms with van der Waals surface area (Å²) in [7, 11) is 0. The number of allylic oxidation sites excluding steroid dienone is 2. The van der Waals surface area contributed by atoms with E-state index in [-0.39, 0.29) is 11.5 Å². The molecule has 0 fully saturated rings. The molecular weight excluding hydrogens is 248 g/mol. The molecule has 0 aliphatic rings. The number of phenolic OH excluding ortho intramolecular Hbond substituents is 2. The van der Waals surface area contributed by atoms with Gasteiger partial charge in [0, 0.05) is 10.8 Å². The predicted molar refractivity (Wildman–Crippen MR) is 84.3 cm³/mol. The number of hydrogen-bond acceptors (Lipinski definition) is 2. The van der Waals surface area contributed by atoms with Crippen LogP contribution in [0.3, 0.4) is 0 Å². The fraction of sp³-hybridized carbons (Fsp3) is 0.222. The highest BCUT2D eigenvalue weighted by atomic mass is 16.3. The van der Waals surface area contributed by atoms with E-state index < -0.39 is 0 Å². The van der Waals surface area contributed by atoms with Crippen molar-refractivity contribution in [2.45, 2.75) is 26.7 Å². The highest BCUT2D eigenvalue weighted by molar-refractivity contribution is 5.94. The Kier molecular flexibility index (Phi) is 3.84. The highest BCUT2D eigenvalue weighted by Gasteiger charge is 2.12. The average molecular weight is 268 g/mol. The zero-order chi connectivity index (χ0) is 14.9. The maximum Gasteiger partial charge on any atom is 0.127 e. The van der Waals surface area contributed by atoms with E-state index in [1.54, 1.807) is 0 Å². The molecule has 0 saturated heterocycles. The van der Waals surface area contributed by atoms with Crippen LogP contribution >= 0.6 is 0 Å². The minimum Gasteiger partial charge on any atom is -0.507 e. The van der Waals surface area contributed by atoms with Gasteiger partial charge in [0.1, 0.15) is 11.5 Å². The van der Waals surface area contributed by atoms with Crippen LogP contribution in [0.25, 0.3) is 10.8 Å². The van der Waals surface area contributed by atoms with Gasteiger partial charge >= 0.3 is 0 Å². The van der Waals surface area contributed by atoms with Gasteiger partial charge in [0.2, 0.25) is 0 Å². The van der Waals surface area contributed by atoms with Crippen molar-refractivity contribution in [3.63, 3.8) is 0 Å². The SMILES string of the molecule is C=C(C)Cc1ccc2c(O)c(CC(=C)C)ccc2c1O. The van der Waals surface area contributed by atoms with Crippen molar-refractivity contribution >= 4 is 10.8 Å². The second-order valence-corrected chi connectivity index (χ2v) is 5.51. The lowest BCUT2D eigenvalue weighted by Crippen LogP contribution is -1.91. The summed E-state index contributed by atoms with van der Waals surface area (Å²) >= 11 is 0. The Bertz CT molecular complexity index is 635. The Morgan fingerprint density at radius 3 is 1.45 bits per heavy atom. The van der Waals surface area contributed by atoms with Crippen molar-refractivity contribution in [3.8, 4) is 11.5 Å². The standard InChI is InChI=1S/C18H20O2/c1-11(2)9-13-5-7-16-15(17(13)19)8-6-14(18(16)20)10-12(3)4/h5-8,19-20H,1,3,9-10H2,2,4H3. The van der Waals surface area contributed by atoms with E-state index in [1.807, 2.05) is 38.1 Å². The summed E-state index contributed by atoms with van der Waals surface area (Å²) in [5, 5.41) is 22.0. The molecule has 0 heterocycles. The molecule has 2 aromatic rings. The summed E-state index contributed by atoms with van der Waals surface area (Å²) in [5.74, 6) is 0.449. The Hall–Kier alpha value is -2.22. The van der Waals surface area contributed by atoms with Crippen molar-refractivity contribution in [1.29, 1.82) is 0 Å². The van der Waals surface area contributed by atoms with Crippen LogP contribution in [0, 0.1) is 0 Å². The molecule has 2 nitrogen and oxygen atoms in total. The van der Waals surface area contributed by atoms with Crippen molar-refractivity contribution in [1.82, 2.24) is 0 Å². The third-order valence-corrected chi connectivity index (χ3v) is 3.30. The number of rotatable bonds is 4. The molecule has 20 heavy (non-hydrogen) atoms. The largest absolute Gasteiger partial charge is 0.507 e. The Morgan fingerprint density at radius 1 is 0.800 bits per heavy atom. The molecule has 2 heteroatoms. The highest BCUT2D eigenvalue weighted by Crippen LogP contribution is 2.37. The van der Waals surface area contributed by atoms with Gasteiger partial charge in [-0.05, 0) is 37.8 Å². The molecule has 2 aromatic carbocycles. The summed E-state index contributed by atoms with van der Waals surface area (Å²) in [4.78, 5) is 0. The fourth-order valence-electron chi connectivity index (χ4n) is 2.40. The molecule has 0 radical (unpaired) electrons. The van der Waals surface area contributed by atoms with Crippen LogP contribution in [0.5, 0.6) is 11.5 Å². The summed E-state index contributed by atoms with van der Waals surface area (Å²) in [6.45, 7) is 11.6. The van der Waals surface area contributed by atoms with Crippen LogP contribution in [0.15, 0.2) is 48.6 Å². The fourth-order valence-corrected chi connectivity index (χ4v) is 2.40. The summed E-state index contributed by atoms with van der Waals surface area (Å²) in [6, 6.07) is 7.39. The Labute approximate surface area is 119 Å². The quantitative estimate of drug-likeness (QED) is 0.802. The average Bonchev–Trinajstić information content (AvgIpc) is 2.35. The predicted octanol–water partition coefficient (Wildman–Crippen LogP) is 4.49.